The molecule has 2 aromatic carbocycles. The highest BCUT2D eigenvalue weighted by atomic mass is 35.5. The van der Waals surface area contributed by atoms with Gasteiger partial charge in [0, 0.05) is 18.2 Å². The van der Waals surface area contributed by atoms with Crippen molar-refractivity contribution in [2.75, 3.05) is 6.54 Å². The molecule has 0 bridgehead atoms. The quantitative estimate of drug-likeness (QED) is 0.719. The molecule has 2 rings (SSSR count). The van der Waals surface area contributed by atoms with E-state index in [0.29, 0.717) is 12.1 Å². The molecule has 1 atom stereocenters. The molecule has 0 aliphatic carbocycles. The van der Waals surface area contributed by atoms with Crippen LogP contribution < -0.4 is 15.4 Å². The summed E-state index contributed by atoms with van der Waals surface area (Å²) in [5.74, 6) is -0.463. The molecule has 0 saturated heterocycles. The number of hydrogen-bond acceptors (Lipinski definition) is 3. The third-order valence-corrected chi connectivity index (χ3v) is 4.15. The van der Waals surface area contributed by atoms with Gasteiger partial charge in [-0.2, -0.15) is 0 Å². The number of halogens is 3. The number of carbonyl (C=O) groups is 2. The zero-order valence-electron chi connectivity index (χ0n) is 13.2. The fraction of sp³-hybridized carbons (Fsp3) is 0.176. The van der Waals surface area contributed by atoms with Gasteiger partial charge in [0.2, 0.25) is 6.10 Å². The maximum absolute atomic E-state index is 12.5. The van der Waals surface area contributed by atoms with E-state index in [0.717, 1.165) is 0 Å². The second kappa shape index (κ2) is 8.94. The summed E-state index contributed by atoms with van der Waals surface area (Å²) in [6.07, 6.45) is -1.10. The molecule has 0 aliphatic heterocycles. The van der Waals surface area contributed by atoms with Gasteiger partial charge in [-0.05, 0) is 13.0 Å². The van der Waals surface area contributed by atoms with Gasteiger partial charge in [-0.1, -0.05) is 65.1 Å². The number of imide groups is 1. The first kappa shape index (κ1) is 19.4. The highest BCUT2D eigenvalue weighted by Gasteiger charge is 2.25. The highest BCUT2D eigenvalue weighted by molar-refractivity contribution is 6.43. The molecular weight excluding hydrogens is 387 g/mol. The molecule has 0 saturated carbocycles. The van der Waals surface area contributed by atoms with Crippen LogP contribution in [0.1, 0.15) is 18.6 Å². The lowest BCUT2D eigenvalue weighted by molar-refractivity contribution is -0.127. The average molecular weight is 402 g/mol. The molecule has 25 heavy (non-hydrogen) atoms. The van der Waals surface area contributed by atoms with Crippen molar-refractivity contribution in [1.82, 2.24) is 10.6 Å². The number of amides is 3. The number of hydrogen-bond donors (Lipinski definition) is 2. The molecule has 0 heterocycles. The van der Waals surface area contributed by atoms with Gasteiger partial charge in [0.05, 0.1) is 15.1 Å². The molecule has 0 aliphatic rings. The Morgan fingerprint density at radius 3 is 2.32 bits per heavy atom. The molecule has 8 heteroatoms. The van der Waals surface area contributed by atoms with Crippen molar-refractivity contribution in [1.29, 1.82) is 0 Å². The number of benzene rings is 2. The third-order valence-electron chi connectivity index (χ3n) is 3.13. The summed E-state index contributed by atoms with van der Waals surface area (Å²) in [4.78, 5) is 24.1. The predicted octanol–water partition coefficient (Wildman–Crippen LogP) is 4.61. The van der Waals surface area contributed by atoms with Crippen LogP contribution in [-0.4, -0.2) is 18.5 Å². The van der Waals surface area contributed by atoms with Crippen molar-refractivity contribution in [2.45, 2.75) is 13.0 Å². The SMILES string of the molecule is CCNC(=O)NC(=O)[C@@H](Oc1cc(Cl)c(Cl)cc1Cl)c1ccccc1. The van der Waals surface area contributed by atoms with Crippen molar-refractivity contribution in [2.24, 2.45) is 0 Å². The number of ether oxygens (including phenoxy) is 1. The van der Waals surface area contributed by atoms with Gasteiger partial charge in [-0.3, -0.25) is 10.1 Å². The van der Waals surface area contributed by atoms with Crippen molar-refractivity contribution < 1.29 is 14.3 Å². The molecule has 132 valence electrons. The Kier molecular flexibility index (Phi) is 6.93. The molecule has 0 unspecified atom stereocenters. The van der Waals surface area contributed by atoms with Crippen LogP contribution in [0.3, 0.4) is 0 Å². The third kappa shape index (κ3) is 5.26. The number of rotatable bonds is 5. The largest absolute Gasteiger partial charge is 0.474 e. The van der Waals surface area contributed by atoms with Gasteiger partial charge in [0.25, 0.3) is 5.91 Å². The lowest BCUT2D eigenvalue weighted by atomic mass is 10.1. The molecule has 5 nitrogen and oxygen atoms in total. The highest BCUT2D eigenvalue weighted by Crippen LogP contribution is 2.36. The average Bonchev–Trinajstić information content (AvgIpc) is 2.57. The van der Waals surface area contributed by atoms with Gasteiger partial charge in [0.15, 0.2) is 0 Å². The van der Waals surface area contributed by atoms with Crippen molar-refractivity contribution in [3.05, 3.63) is 63.1 Å². The summed E-state index contributed by atoms with van der Waals surface area (Å²) in [6.45, 7) is 2.12. The Balaban J connectivity index is 2.31. The van der Waals surface area contributed by atoms with Crippen LogP contribution >= 0.6 is 34.8 Å². The Morgan fingerprint density at radius 2 is 1.68 bits per heavy atom. The fourth-order valence-electron chi connectivity index (χ4n) is 2.00. The molecule has 0 radical (unpaired) electrons. The Morgan fingerprint density at radius 1 is 1.04 bits per heavy atom. The molecule has 2 aromatic rings. The van der Waals surface area contributed by atoms with Crippen molar-refractivity contribution in [3.8, 4) is 5.75 Å². The minimum atomic E-state index is -1.10. The normalized spacial score (nSPS) is 11.5. The lowest BCUT2D eigenvalue weighted by Gasteiger charge is -2.20. The summed E-state index contributed by atoms with van der Waals surface area (Å²) in [5.41, 5.74) is 0.548. The van der Waals surface area contributed by atoms with Crippen LogP contribution in [-0.2, 0) is 4.79 Å². The molecular formula is C17H15Cl3N2O3. The monoisotopic (exact) mass is 400 g/mol. The summed E-state index contributed by atoms with van der Waals surface area (Å²) < 4.78 is 5.74. The number of nitrogens with one attached hydrogen (secondary N) is 2. The second-order valence-electron chi connectivity index (χ2n) is 4.95. The van der Waals surface area contributed by atoms with E-state index in [2.05, 4.69) is 10.6 Å². The van der Waals surface area contributed by atoms with E-state index in [4.69, 9.17) is 39.5 Å². The molecule has 2 N–H and O–H groups in total. The lowest BCUT2D eigenvalue weighted by Crippen LogP contribution is -2.42. The minimum Gasteiger partial charge on any atom is -0.474 e. The van der Waals surface area contributed by atoms with E-state index in [1.165, 1.54) is 12.1 Å². The first-order valence-electron chi connectivity index (χ1n) is 7.37. The zero-order valence-corrected chi connectivity index (χ0v) is 15.5. The van der Waals surface area contributed by atoms with Gasteiger partial charge in [-0.15, -0.1) is 0 Å². The van der Waals surface area contributed by atoms with Gasteiger partial charge >= 0.3 is 6.03 Å². The van der Waals surface area contributed by atoms with Crippen molar-refractivity contribution in [3.63, 3.8) is 0 Å². The van der Waals surface area contributed by atoms with Crippen molar-refractivity contribution >= 4 is 46.7 Å². The summed E-state index contributed by atoms with van der Waals surface area (Å²) >= 11 is 18.0. The first-order valence-corrected chi connectivity index (χ1v) is 8.50. The van der Waals surface area contributed by atoms with E-state index in [1.807, 2.05) is 0 Å². The van der Waals surface area contributed by atoms with E-state index in [-0.39, 0.29) is 20.8 Å². The molecule has 3 amide bonds. The smallest absolute Gasteiger partial charge is 0.321 e. The summed E-state index contributed by atoms with van der Waals surface area (Å²) in [5, 5.41) is 5.41. The van der Waals surface area contributed by atoms with Crippen LogP contribution in [0.25, 0.3) is 0 Å². The van der Waals surface area contributed by atoms with Crippen LogP contribution in [0.15, 0.2) is 42.5 Å². The van der Waals surface area contributed by atoms with E-state index < -0.39 is 18.0 Å². The Bertz CT molecular complexity index is 769. The molecule has 0 spiro atoms. The van der Waals surface area contributed by atoms with Gasteiger partial charge < -0.3 is 10.1 Å². The van der Waals surface area contributed by atoms with E-state index in [1.54, 1.807) is 37.3 Å². The predicted molar refractivity (Wildman–Crippen MR) is 98.5 cm³/mol. The standard InChI is InChI=1S/C17H15Cl3N2O3/c1-2-21-17(24)22-16(23)15(10-6-4-3-5-7-10)25-14-9-12(19)11(18)8-13(14)20/h3-9,15H,2H2,1H3,(H2,21,22,23,24)/t15-/m0/s1. The Labute approximate surface area is 160 Å². The maximum Gasteiger partial charge on any atom is 0.321 e. The van der Waals surface area contributed by atoms with Gasteiger partial charge in [-0.25, -0.2) is 4.79 Å². The Hall–Kier alpha value is -1.95. The van der Waals surface area contributed by atoms with Crippen LogP contribution in [0.5, 0.6) is 5.75 Å². The fourth-order valence-corrected chi connectivity index (χ4v) is 2.59. The molecule has 0 aromatic heterocycles. The summed E-state index contributed by atoms with van der Waals surface area (Å²) in [6, 6.07) is 10.9. The van der Waals surface area contributed by atoms with E-state index >= 15 is 0 Å². The van der Waals surface area contributed by atoms with Crippen LogP contribution in [0.2, 0.25) is 15.1 Å². The van der Waals surface area contributed by atoms with Crippen LogP contribution in [0, 0.1) is 0 Å². The number of urea groups is 1. The topological polar surface area (TPSA) is 67.4 Å². The van der Waals surface area contributed by atoms with E-state index in [9.17, 15) is 9.59 Å². The zero-order chi connectivity index (χ0) is 18.4. The maximum atomic E-state index is 12.5. The minimum absolute atomic E-state index is 0.177. The van der Waals surface area contributed by atoms with Gasteiger partial charge in [0.1, 0.15) is 5.75 Å². The summed E-state index contributed by atoms with van der Waals surface area (Å²) in [7, 11) is 0. The second-order valence-corrected chi connectivity index (χ2v) is 6.18. The molecule has 0 fully saturated rings. The first-order chi connectivity index (χ1) is 11.9. The number of carbonyl (C=O) groups excluding carboxylic acids is 2. The van der Waals surface area contributed by atoms with Crippen LogP contribution in [0.4, 0.5) is 4.79 Å².